The van der Waals surface area contributed by atoms with Gasteiger partial charge in [0.15, 0.2) is 5.65 Å². The van der Waals surface area contributed by atoms with E-state index in [0.29, 0.717) is 33.4 Å². The lowest BCUT2D eigenvalue weighted by Crippen LogP contribution is -2.04. The van der Waals surface area contributed by atoms with Gasteiger partial charge in [-0.25, -0.2) is 9.37 Å². The lowest BCUT2D eigenvalue weighted by molar-refractivity contribution is 0.636. The van der Waals surface area contributed by atoms with E-state index in [4.69, 9.17) is 5.73 Å². The van der Waals surface area contributed by atoms with Gasteiger partial charge in [-0.15, -0.1) is 10.2 Å². The minimum absolute atomic E-state index is 0.262. The highest BCUT2D eigenvalue weighted by Crippen LogP contribution is 2.36. The molecule has 0 atom stereocenters. The average molecular weight is 345 g/mol. The van der Waals surface area contributed by atoms with Gasteiger partial charge in [0.1, 0.15) is 17.7 Å². The van der Waals surface area contributed by atoms with Crippen LogP contribution < -0.4 is 5.73 Å². The third kappa shape index (κ3) is 2.05. The van der Waals surface area contributed by atoms with Crippen LogP contribution in [-0.4, -0.2) is 29.8 Å². The van der Waals surface area contributed by atoms with Crippen molar-refractivity contribution in [3.63, 3.8) is 0 Å². The van der Waals surface area contributed by atoms with E-state index in [0.717, 1.165) is 5.56 Å². The van der Waals surface area contributed by atoms with Crippen LogP contribution >= 0.6 is 0 Å². The molecule has 5 aromatic rings. The molecular formula is C18H12FN7. The normalized spacial score (nSPS) is 11.4. The van der Waals surface area contributed by atoms with Crippen molar-refractivity contribution >= 4 is 22.5 Å². The summed E-state index contributed by atoms with van der Waals surface area (Å²) in [5.41, 5.74) is 9.70. The van der Waals surface area contributed by atoms with Crippen LogP contribution in [0.25, 0.3) is 38.9 Å². The zero-order chi connectivity index (χ0) is 17.7. The van der Waals surface area contributed by atoms with Gasteiger partial charge in [0.2, 0.25) is 5.95 Å². The Labute approximate surface area is 146 Å². The number of hydrogen-bond acceptors (Lipinski definition) is 5. The molecule has 3 heterocycles. The van der Waals surface area contributed by atoms with Crippen LogP contribution in [0.5, 0.6) is 0 Å². The standard InChI is InChI=1S/C18H12FN7/c19-13-7-11(6-12-8-21-24-15(12)13)14-16(10-4-2-1-3-5-10)23-18(20)26-9-22-25-17(14)26/h1-9H,(H2,20,23)(H,21,24). The Morgan fingerprint density at radius 3 is 2.77 bits per heavy atom. The molecule has 0 fully saturated rings. The first-order chi connectivity index (χ1) is 12.7. The van der Waals surface area contributed by atoms with Crippen LogP contribution in [0.1, 0.15) is 0 Å². The molecule has 26 heavy (non-hydrogen) atoms. The maximum absolute atomic E-state index is 14.5. The van der Waals surface area contributed by atoms with Crippen LogP contribution in [0.3, 0.4) is 0 Å². The SMILES string of the molecule is Nc1nc(-c2ccccc2)c(-c2cc(F)c3[nH]ncc3c2)c2nncn12. The molecular weight excluding hydrogens is 333 g/mol. The number of nitrogens with two attached hydrogens (primary N) is 1. The smallest absolute Gasteiger partial charge is 0.207 e. The van der Waals surface area contributed by atoms with Gasteiger partial charge >= 0.3 is 0 Å². The number of halogens is 1. The van der Waals surface area contributed by atoms with Crippen LogP contribution in [0.2, 0.25) is 0 Å². The van der Waals surface area contributed by atoms with Crippen LogP contribution in [-0.2, 0) is 0 Å². The Kier molecular flexibility index (Phi) is 2.99. The number of benzene rings is 2. The first-order valence-corrected chi connectivity index (χ1v) is 7.90. The van der Waals surface area contributed by atoms with Crippen LogP contribution in [0.15, 0.2) is 55.0 Å². The monoisotopic (exact) mass is 345 g/mol. The fraction of sp³-hybridized carbons (Fsp3) is 0. The Bertz CT molecular complexity index is 1260. The quantitative estimate of drug-likeness (QED) is 0.512. The summed E-state index contributed by atoms with van der Waals surface area (Å²) in [6.07, 6.45) is 3.07. The molecule has 0 unspecified atom stereocenters. The van der Waals surface area contributed by atoms with Crippen molar-refractivity contribution in [3.05, 3.63) is 60.8 Å². The molecule has 0 radical (unpaired) electrons. The molecule has 8 heteroatoms. The maximum Gasteiger partial charge on any atom is 0.207 e. The molecule has 7 nitrogen and oxygen atoms in total. The fourth-order valence-corrected chi connectivity index (χ4v) is 3.13. The molecule has 0 amide bonds. The highest BCUT2D eigenvalue weighted by atomic mass is 19.1. The zero-order valence-corrected chi connectivity index (χ0v) is 13.4. The highest BCUT2D eigenvalue weighted by molar-refractivity contribution is 5.94. The molecule has 0 aliphatic heterocycles. The van der Waals surface area contributed by atoms with Crippen molar-refractivity contribution in [2.24, 2.45) is 0 Å². The summed E-state index contributed by atoms with van der Waals surface area (Å²) in [6, 6.07) is 12.9. The third-order valence-electron chi connectivity index (χ3n) is 4.32. The topological polar surface area (TPSA) is 97.8 Å². The van der Waals surface area contributed by atoms with E-state index in [-0.39, 0.29) is 5.95 Å². The average Bonchev–Trinajstić information content (AvgIpc) is 3.32. The number of rotatable bonds is 2. The van der Waals surface area contributed by atoms with Gasteiger partial charge in [-0.3, -0.25) is 9.50 Å². The summed E-state index contributed by atoms with van der Waals surface area (Å²) in [5, 5.41) is 15.4. The second-order valence-electron chi connectivity index (χ2n) is 5.88. The van der Waals surface area contributed by atoms with Crippen molar-refractivity contribution < 1.29 is 4.39 Å². The van der Waals surface area contributed by atoms with Crippen molar-refractivity contribution in [3.8, 4) is 22.4 Å². The summed E-state index contributed by atoms with van der Waals surface area (Å²) in [7, 11) is 0. The molecule has 0 saturated heterocycles. The highest BCUT2D eigenvalue weighted by Gasteiger charge is 2.19. The van der Waals surface area contributed by atoms with E-state index in [2.05, 4.69) is 25.4 Å². The summed E-state index contributed by atoms with van der Waals surface area (Å²) in [4.78, 5) is 4.53. The summed E-state index contributed by atoms with van der Waals surface area (Å²) >= 11 is 0. The fourth-order valence-electron chi connectivity index (χ4n) is 3.13. The molecule has 2 aromatic carbocycles. The molecule has 0 aliphatic carbocycles. The van der Waals surface area contributed by atoms with E-state index in [1.807, 2.05) is 36.4 Å². The number of nitrogens with one attached hydrogen (secondary N) is 1. The molecule has 0 spiro atoms. The number of aromatic amines is 1. The molecule has 0 aliphatic rings. The van der Waals surface area contributed by atoms with Gasteiger partial charge in [0.05, 0.1) is 17.5 Å². The van der Waals surface area contributed by atoms with Crippen molar-refractivity contribution in [2.75, 3.05) is 5.73 Å². The molecule has 3 aromatic heterocycles. The molecule has 0 bridgehead atoms. The first kappa shape index (κ1) is 14.5. The number of H-pyrrole nitrogens is 1. The second-order valence-corrected chi connectivity index (χ2v) is 5.88. The molecule has 0 saturated carbocycles. The molecule has 3 N–H and O–H groups in total. The Morgan fingerprint density at radius 1 is 1.08 bits per heavy atom. The number of aromatic nitrogens is 6. The predicted octanol–water partition coefficient (Wildman–Crippen LogP) is 3.06. The van der Waals surface area contributed by atoms with Gasteiger partial charge < -0.3 is 5.73 Å². The number of fused-ring (bicyclic) bond motifs is 2. The van der Waals surface area contributed by atoms with Gasteiger partial charge in [-0.1, -0.05) is 30.3 Å². The number of nitrogen functional groups attached to an aromatic ring is 1. The number of anilines is 1. The maximum atomic E-state index is 14.5. The summed E-state index contributed by atoms with van der Waals surface area (Å²) in [6.45, 7) is 0. The van der Waals surface area contributed by atoms with Crippen LogP contribution in [0.4, 0.5) is 10.3 Å². The van der Waals surface area contributed by atoms with E-state index >= 15 is 0 Å². The Morgan fingerprint density at radius 2 is 1.92 bits per heavy atom. The van der Waals surface area contributed by atoms with Gasteiger partial charge in [-0.2, -0.15) is 5.10 Å². The first-order valence-electron chi connectivity index (χ1n) is 7.90. The molecule has 5 rings (SSSR count). The lowest BCUT2D eigenvalue weighted by atomic mass is 9.99. The van der Waals surface area contributed by atoms with Crippen molar-refractivity contribution in [1.82, 2.24) is 29.8 Å². The van der Waals surface area contributed by atoms with Gasteiger partial charge in [0, 0.05) is 10.9 Å². The minimum atomic E-state index is -0.400. The van der Waals surface area contributed by atoms with Crippen molar-refractivity contribution in [1.29, 1.82) is 0 Å². The number of hydrogen-bond donors (Lipinski definition) is 2. The Balaban J connectivity index is 1.91. The second kappa shape index (κ2) is 5.35. The predicted molar refractivity (Wildman–Crippen MR) is 95.7 cm³/mol. The van der Waals surface area contributed by atoms with Crippen molar-refractivity contribution in [2.45, 2.75) is 0 Å². The summed E-state index contributed by atoms with van der Waals surface area (Å²) in [5.74, 6) is -0.138. The van der Waals surface area contributed by atoms with Crippen LogP contribution in [0, 0.1) is 5.82 Å². The van der Waals surface area contributed by atoms with E-state index in [1.165, 1.54) is 12.4 Å². The van der Waals surface area contributed by atoms with E-state index < -0.39 is 5.82 Å². The number of nitrogens with zero attached hydrogens (tertiary/aromatic N) is 5. The Hall–Kier alpha value is -3.81. The zero-order valence-electron chi connectivity index (χ0n) is 13.4. The minimum Gasteiger partial charge on any atom is -0.369 e. The molecule has 126 valence electrons. The third-order valence-corrected chi connectivity index (χ3v) is 4.32. The van der Waals surface area contributed by atoms with E-state index in [1.54, 1.807) is 10.6 Å². The van der Waals surface area contributed by atoms with Gasteiger partial charge in [-0.05, 0) is 17.7 Å². The largest absolute Gasteiger partial charge is 0.369 e. The van der Waals surface area contributed by atoms with E-state index in [9.17, 15) is 4.39 Å². The summed E-state index contributed by atoms with van der Waals surface area (Å²) < 4.78 is 16.1. The van der Waals surface area contributed by atoms with Gasteiger partial charge in [0.25, 0.3) is 0 Å². The lowest BCUT2D eigenvalue weighted by Gasteiger charge is -2.12.